The van der Waals surface area contributed by atoms with Crippen molar-refractivity contribution in [2.24, 2.45) is 0 Å². The number of hydrogen-bond acceptors (Lipinski definition) is 6. The minimum atomic E-state index is -0.806. The van der Waals surface area contributed by atoms with E-state index in [4.69, 9.17) is 0 Å². The van der Waals surface area contributed by atoms with Gasteiger partial charge in [0.15, 0.2) is 5.76 Å². The van der Waals surface area contributed by atoms with Gasteiger partial charge in [-0.15, -0.1) is 0 Å². The highest BCUT2D eigenvalue weighted by atomic mass is 16.6. The second-order valence-corrected chi connectivity index (χ2v) is 3.38. The number of carbonyl (C=O) groups excluding carboxylic acids is 2. The first kappa shape index (κ1) is 13.8. The van der Waals surface area contributed by atoms with Crippen LogP contribution in [-0.2, 0) is 16.1 Å². The van der Waals surface area contributed by atoms with Gasteiger partial charge in [0, 0.05) is 6.92 Å². The van der Waals surface area contributed by atoms with Gasteiger partial charge in [0.25, 0.3) is 0 Å². The zero-order valence-corrected chi connectivity index (χ0v) is 10.1. The van der Waals surface area contributed by atoms with Crippen LogP contribution in [-0.4, -0.2) is 25.2 Å². The summed E-state index contributed by atoms with van der Waals surface area (Å²) in [4.78, 5) is 32.4. The summed E-state index contributed by atoms with van der Waals surface area (Å²) in [6.07, 6.45) is 0. The summed E-state index contributed by atoms with van der Waals surface area (Å²) in [6.45, 7) is 3.17. The average molecular weight is 258 g/mol. The molecule has 0 fully saturated rings. The molecular formula is C10H14N2O6. The van der Waals surface area contributed by atoms with Crippen molar-refractivity contribution in [3.05, 3.63) is 22.1 Å². The summed E-state index contributed by atoms with van der Waals surface area (Å²) >= 11 is 0. The van der Waals surface area contributed by atoms with Crippen molar-refractivity contribution in [3.8, 4) is 0 Å². The molecule has 18 heavy (non-hydrogen) atoms. The number of esters is 1. The molecule has 0 saturated carbocycles. The van der Waals surface area contributed by atoms with Crippen LogP contribution >= 0.6 is 0 Å². The van der Waals surface area contributed by atoms with E-state index in [2.05, 4.69) is 24.2 Å². The Labute approximate surface area is 102 Å². The van der Waals surface area contributed by atoms with Gasteiger partial charge in [-0.2, -0.15) is 0 Å². The van der Waals surface area contributed by atoms with E-state index in [1.54, 1.807) is 6.92 Å². The average Bonchev–Trinajstić information content (AvgIpc) is 2.60. The standard InChI is InChI=1S/C10H14N2O6/c1-6-8(18-10(15)17-6)5-12-9(14)11-3-4-16-7(2)13/h3-5H2,1-2H3,(H2,11,12,14). The Kier molecular flexibility index (Phi) is 4.97. The molecule has 0 atom stereocenters. The molecule has 2 amide bonds. The predicted molar refractivity (Wildman–Crippen MR) is 58.9 cm³/mol. The fourth-order valence-corrected chi connectivity index (χ4v) is 1.12. The predicted octanol–water partition coefficient (Wildman–Crippen LogP) is -0.0965. The lowest BCUT2D eigenvalue weighted by molar-refractivity contribution is -0.140. The van der Waals surface area contributed by atoms with Gasteiger partial charge in [0.2, 0.25) is 0 Å². The van der Waals surface area contributed by atoms with Crippen molar-refractivity contribution < 1.29 is 23.2 Å². The van der Waals surface area contributed by atoms with E-state index in [1.165, 1.54) is 6.92 Å². The number of amides is 2. The highest BCUT2D eigenvalue weighted by molar-refractivity contribution is 5.73. The topological polar surface area (TPSA) is 111 Å². The van der Waals surface area contributed by atoms with E-state index in [1.807, 2.05) is 0 Å². The van der Waals surface area contributed by atoms with Gasteiger partial charge >= 0.3 is 17.8 Å². The zero-order valence-electron chi connectivity index (χ0n) is 10.1. The first-order chi connectivity index (χ1) is 8.49. The van der Waals surface area contributed by atoms with E-state index in [-0.39, 0.29) is 25.5 Å². The van der Waals surface area contributed by atoms with Crippen molar-refractivity contribution in [1.82, 2.24) is 10.6 Å². The van der Waals surface area contributed by atoms with Crippen LogP contribution in [0.15, 0.2) is 13.6 Å². The lowest BCUT2D eigenvalue weighted by Crippen LogP contribution is -2.37. The van der Waals surface area contributed by atoms with Gasteiger partial charge in [-0.25, -0.2) is 9.59 Å². The van der Waals surface area contributed by atoms with Crippen molar-refractivity contribution in [2.75, 3.05) is 13.2 Å². The quantitative estimate of drug-likeness (QED) is 0.563. The molecule has 1 heterocycles. The van der Waals surface area contributed by atoms with Crippen LogP contribution in [0.5, 0.6) is 0 Å². The van der Waals surface area contributed by atoms with Gasteiger partial charge in [0.05, 0.1) is 13.1 Å². The number of urea groups is 1. The normalized spacial score (nSPS) is 9.89. The third kappa shape index (κ3) is 4.73. The van der Waals surface area contributed by atoms with Crippen molar-refractivity contribution in [2.45, 2.75) is 20.4 Å². The lowest BCUT2D eigenvalue weighted by atomic mass is 10.4. The van der Waals surface area contributed by atoms with Crippen LogP contribution in [0.25, 0.3) is 0 Å². The number of rotatable bonds is 5. The van der Waals surface area contributed by atoms with Crippen LogP contribution in [0.3, 0.4) is 0 Å². The molecule has 0 aliphatic heterocycles. The lowest BCUT2D eigenvalue weighted by Gasteiger charge is -2.06. The van der Waals surface area contributed by atoms with E-state index >= 15 is 0 Å². The highest BCUT2D eigenvalue weighted by Crippen LogP contribution is 2.03. The number of ether oxygens (including phenoxy) is 1. The van der Waals surface area contributed by atoms with Crippen LogP contribution in [0.4, 0.5) is 4.79 Å². The third-order valence-electron chi connectivity index (χ3n) is 1.94. The van der Waals surface area contributed by atoms with Crippen LogP contribution in [0, 0.1) is 6.92 Å². The Bertz CT molecular complexity index is 475. The summed E-state index contributed by atoms with van der Waals surface area (Å²) in [5, 5.41) is 4.91. The molecule has 0 spiro atoms. The van der Waals surface area contributed by atoms with Crippen LogP contribution in [0.1, 0.15) is 18.4 Å². The summed E-state index contributed by atoms with van der Waals surface area (Å²) < 4.78 is 13.9. The molecule has 100 valence electrons. The number of aryl methyl sites for hydroxylation is 1. The van der Waals surface area contributed by atoms with E-state index in [0.29, 0.717) is 5.76 Å². The molecule has 1 rings (SSSR count). The van der Waals surface area contributed by atoms with Crippen molar-refractivity contribution >= 4 is 12.0 Å². The second kappa shape index (κ2) is 6.48. The molecule has 0 bridgehead atoms. The Morgan fingerprint density at radius 1 is 1.28 bits per heavy atom. The first-order valence-corrected chi connectivity index (χ1v) is 5.23. The van der Waals surface area contributed by atoms with Gasteiger partial charge < -0.3 is 24.2 Å². The maximum absolute atomic E-state index is 11.3. The van der Waals surface area contributed by atoms with Crippen LogP contribution < -0.4 is 16.5 Å². The number of nitrogens with one attached hydrogen (secondary N) is 2. The Morgan fingerprint density at radius 3 is 2.56 bits per heavy atom. The summed E-state index contributed by atoms with van der Waals surface area (Å²) in [7, 11) is 0. The minimum absolute atomic E-state index is 0.0387. The molecule has 8 heteroatoms. The molecule has 0 aliphatic carbocycles. The van der Waals surface area contributed by atoms with E-state index in [9.17, 15) is 14.4 Å². The maximum Gasteiger partial charge on any atom is 0.519 e. The van der Waals surface area contributed by atoms with Gasteiger partial charge in [-0.1, -0.05) is 0 Å². The molecular weight excluding hydrogens is 244 g/mol. The smallest absolute Gasteiger partial charge is 0.464 e. The molecule has 1 aromatic rings. The Hall–Kier alpha value is -2.25. The largest absolute Gasteiger partial charge is 0.519 e. The minimum Gasteiger partial charge on any atom is -0.464 e. The molecule has 0 unspecified atom stereocenters. The molecule has 0 radical (unpaired) electrons. The SMILES string of the molecule is CC(=O)OCCNC(=O)NCc1oc(=O)oc1C. The maximum atomic E-state index is 11.3. The second-order valence-electron chi connectivity index (χ2n) is 3.38. The molecule has 0 saturated heterocycles. The number of hydrogen-bond donors (Lipinski definition) is 2. The molecule has 2 N–H and O–H groups in total. The fourth-order valence-electron chi connectivity index (χ4n) is 1.12. The summed E-state index contributed by atoms with van der Waals surface area (Å²) in [5.74, 6) is -0.636. The fraction of sp³-hybridized carbons (Fsp3) is 0.500. The highest BCUT2D eigenvalue weighted by Gasteiger charge is 2.09. The first-order valence-electron chi connectivity index (χ1n) is 5.23. The molecule has 0 aromatic carbocycles. The van der Waals surface area contributed by atoms with Crippen molar-refractivity contribution in [1.29, 1.82) is 0 Å². The van der Waals surface area contributed by atoms with Crippen molar-refractivity contribution in [3.63, 3.8) is 0 Å². The molecule has 0 aliphatic rings. The zero-order chi connectivity index (χ0) is 13.5. The van der Waals surface area contributed by atoms with Crippen LogP contribution in [0.2, 0.25) is 0 Å². The van der Waals surface area contributed by atoms with Gasteiger partial charge in [-0.05, 0) is 6.92 Å². The van der Waals surface area contributed by atoms with Gasteiger partial charge in [-0.3, -0.25) is 4.79 Å². The molecule has 1 aromatic heterocycles. The number of carbonyl (C=O) groups is 2. The van der Waals surface area contributed by atoms with E-state index in [0.717, 1.165) is 0 Å². The monoisotopic (exact) mass is 258 g/mol. The third-order valence-corrected chi connectivity index (χ3v) is 1.94. The summed E-state index contributed by atoms with van der Waals surface area (Å²) in [6, 6.07) is -0.467. The molecule has 8 nitrogen and oxygen atoms in total. The Balaban J connectivity index is 2.23. The summed E-state index contributed by atoms with van der Waals surface area (Å²) in [5.41, 5.74) is 0. The van der Waals surface area contributed by atoms with Gasteiger partial charge in [0.1, 0.15) is 12.4 Å². The Morgan fingerprint density at radius 2 is 2.00 bits per heavy atom. The van der Waals surface area contributed by atoms with E-state index < -0.39 is 17.8 Å².